The van der Waals surface area contributed by atoms with Gasteiger partial charge in [0, 0.05) is 17.1 Å². The summed E-state index contributed by atoms with van der Waals surface area (Å²) in [6.07, 6.45) is 0. The molecule has 0 saturated heterocycles. The van der Waals surface area contributed by atoms with Gasteiger partial charge in [-0.05, 0) is 66.7 Å². The van der Waals surface area contributed by atoms with E-state index in [4.69, 9.17) is 4.74 Å². The summed E-state index contributed by atoms with van der Waals surface area (Å²) in [4.78, 5) is 0.139. The monoisotopic (exact) mass is 372 g/mol. The van der Waals surface area contributed by atoms with Crippen molar-refractivity contribution in [3.63, 3.8) is 0 Å². The van der Waals surface area contributed by atoms with Gasteiger partial charge in [-0.1, -0.05) is 6.07 Å². The lowest BCUT2D eigenvalue weighted by molar-refractivity contribution is 0.414. The van der Waals surface area contributed by atoms with Gasteiger partial charge in [-0.15, -0.1) is 0 Å². The number of halogens is 1. The highest BCUT2D eigenvalue weighted by molar-refractivity contribution is 7.92. The Hall–Kier alpha value is -3.06. The molecule has 2 N–H and O–H groups in total. The Balaban J connectivity index is 1.71. The highest BCUT2D eigenvalue weighted by Crippen LogP contribution is 2.22. The van der Waals surface area contributed by atoms with Gasteiger partial charge in [0.25, 0.3) is 10.0 Å². The van der Waals surface area contributed by atoms with Crippen molar-refractivity contribution in [3.05, 3.63) is 78.6 Å². The van der Waals surface area contributed by atoms with Gasteiger partial charge in [-0.3, -0.25) is 4.72 Å². The van der Waals surface area contributed by atoms with Crippen LogP contribution >= 0.6 is 0 Å². The van der Waals surface area contributed by atoms with Gasteiger partial charge >= 0.3 is 0 Å². The average molecular weight is 372 g/mol. The number of ether oxygens (including phenoxy) is 1. The van der Waals surface area contributed by atoms with Crippen molar-refractivity contribution < 1.29 is 17.5 Å². The minimum Gasteiger partial charge on any atom is -0.497 e. The lowest BCUT2D eigenvalue weighted by Crippen LogP contribution is -2.12. The summed E-state index contributed by atoms with van der Waals surface area (Å²) in [5, 5.41) is 3.05. The molecule has 0 unspecified atom stereocenters. The lowest BCUT2D eigenvalue weighted by atomic mass is 10.2. The molecule has 3 rings (SSSR count). The first-order valence-electron chi connectivity index (χ1n) is 7.76. The van der Waals surface area contributed by atoms with E-state index in [9.17, 15) is 12.8 Å². The highest BCUT2D eigenvalue weighted by atomic mass is 32.2. The third-order valence-electron chi connectivity index (χ3n) is 3.62. The summed E-state index contributed by atoms with van der Waals surface area (Å²) in [5.41, 5.74) is 1.74. The molecule has 0 aliphatic carbocycles. The third-order valence-corrected chi connectivity index (χ3v) is 5.02. The summed E-state index contributed by atoms with van der Waals surface area (Å²) < 4.78 is 45.6. The molecule has 26 heavy (non-hydrogen) atoms. The zero-order valence-corrected chi connectivity index (χ0v) is 14.8. The first kappa shape index (κ1) is 17.8. The minimum atomic E-state index is -3.69. The molecular weight excluding hydrogens is 355 g/mol. The van der Waals surface area contributed by atoms with E-state index in [1.54, 1.807) is 48.5 Å². The van der Waals surface area contributed by atoms with Gasteiger partial charge in [0.2, 0.25) is 0 Å². The molecule has 0 amide bonds. The van der Waals surface area contributed by atoms with E-state index in [0.717, 1.165) is 0 Å². The van der Waals surface area contributed by atoms with Crippen LogP contribution in [-0.2, 0) is 10.0 Å². The van der Waals surface area contributed by atoms with Crippen molar-refractivity contribution in [1.29, 1.82) is 0 Å². The Labute approximate surface area is 151 Å². The Morgan fingerprint density at radius 1 is 0.846 bits per heavy atom. The van der Waals surface area contributed by atoms with Gasteiger partial charge in [0.05, 0.1) is 12.0 Å². The first-order valence-corrected chi connectivity index (χ1v) is 9.24. The van der Waals surface area contributed by atoms with Crippen LogP contribution in [0.3, 0.4) is 0 Å². The van der Waals surface area contributed by atoms with Gasteiger partial charge in [0.15, 0.2) is 0 Å². The number of hydrogen-bond donors (Lipinski definition) is 2. The second-order valence-corrected chi connectivity index (χ2v) is 7.18. The van der Waals surface area contributed by atoms with E-state index >= 15 is 0 Å². The normalized spacial score (nSPS) is 11.0. The summed E-state index contributed by atoms with van der Waals surface area (Å²) in [6.45, 7) is 0. The van der Waals surface area contributed by atoms with Crippen molar-refractivity contribution in [2.45, 2.75) is 4.90 Å². The van der Waals surface area contributed by atoms with Crippen molar-refractivity contribution in [1.82, 2.24) is 0 Å². The molecule has 0 bridgehead atoms. The predicted octanol–water partition coefficient (Wildman–Crippen LogP) is 4.38. The van der Waals surface area contributed by atoms with Crippen molar-refractivity contribution in [2.24, 2.45) is 0 Å². The summed E-state index contributed by atoms with van der Waals surface area (Å²) in [7, 11) is -2.18. The molecule has 0 fully saturated rings. The molecule has 134 valence electrons. The van der Waals surface area contributed by atoms with Crippen LogP contribution in [0.2, 0.25) is 0 Å². The Kier molecular flexibility index (Phi) is 5.09. The number of nitrogens with one attached hydrogen (secondary N) is 2. The highest BCUT2D eigenvalue weighted by Gasteiger charge is 2.14. The summed E-state index contributed by atoms with van der Waals surface area (Å²) >= 11 is 0. The molecule has 0 aliphatic heterocycles. The maximum atomic E-state index is 13.2. The third kappa shape index (κ3) is 4.31. The fourth-order valence-electron chi connectivity index (χ4n) is 2.32. The number of hydrogen-bond acceptors (Lipinski definition) is 4. The number of methoxy groups -OCH3 is 1. The summed E-state index contributed by atoms with van der Waals surface area (Å²) in [5.74, 6) is 0.246. The van der Waals surface area contributed by atoms with Crippen molar-refractivity contribution in [3.8, 4) is 5.75 Å². The van der Waals surface area contributed by atoms with Crippen LogP contribution in [-0.4, -0.2) is 15.5 Å². The number of rotatable bonds is 6. The molecule has 5 nitrogen and oxygen atoms in total. The molecule has 3 aromatic rings. The number of benzene rings is 3. The zero-order valence-electron chi connectivity index (χ0n) is 13.9. The molecule has 0 spiro atoms. The van der Waals surface area contributed by atoms with E-state index in [2.05, 4.69) is 10.0 Å². The predicted molar refractivity (Wildman–Crippen MR) is 99.9 cm³/mol. The van der Waals surface area contributed by atoms with Crippen LogP contribution in [0.4, 0.5) is 21.5 Å². The Morgan fingerprint density at radius 2 is 1.50 bits per heavy atom. The second-order valence-electron chi connectivity index (χ2n) is 5.49. The first-order chi connectivity index (χ1) is 12.5. The molecule has 0 heterocycles. The molecule has 7 heteroatoms. The summed E-state index contributed by atoms with van der Waals surface area (Å²) in [6, 6.07) is 18.9. The Bertz CT molecular complexity index is 988. The molecule has 0 saturated carbocycles. The SMILES string of the molecule is COc1ccc(S(=O)(=O)Nc2ccc(Nc3cccc(F)c3)cc2)cc1. The minimum absolute atomic E-state index is 0.139. The van der Waals surface area contributed by atoms with Crippen LogP contribution in [0.5, 0.6) is 5.75 Å². The standard InChI is InChI=1S/C19H17FN2O3S/c1-25-18-9-11-19(12-10-18)26(23,24)22-16-7-5-15(6-8-16)21-17-4-2-3-14(20)13-17/h2-13,21-22H,1H3. The number of sulfonamides is 1. The van der Waals surface area contributed by atoms with Gasteiger partial charge in [0.1, 0.15) is 11.6 Å². The van der Waals surface area contributed by atoms with Crippen LogP contribution in [0, 0.1) is 5.82 Å². The fraction of sp³-hybridized carbons (Fsp3) is 0.0526. The van der Waals surface area contributed by atoms with Crippen LogP contribution in [0.15, 0.2) is 77.7 Å². The van der Waals surface area contributed by atoms with Crippen molar-refractivity contribution in [2.75, 3.05) is 17.1 Å². The molecule has 0 radical (unpaired) electrons. The largest absolute Gasteiger partial charge is 0.497 e. The topological polar surface area (TPSA) is 67.4 Å². The number of anilines is 3. The fourth-order valence-corrected chi connectivity index (χ4v) is 3.38. The van der Waals surface area contributed by atoms with Crippen LogP contribution in [0.25, 0.3) is 0 Å². The van der Waals surface area contributed by atoms with Gasteiger partial charge in [-0.25, -0.2) is 12.8 Å². The molecule has 0 aliphatic rings. The van der Waals surface area contributed by atoms with Crippen LogP contribution in [0.1, 0.15) is 0 Å². The molecule has 0 atom stereocenters. The second kappa shape index (κ2) is 7.45. The molecule has 3 aromatic carbocycles. The Morgan fingerprint density at radius 3 is 2.12 bits per heavy atom. The maximum absolute atomic E-state index is 13.2. The average Bonchev–Trinajstić information content (AvgIpc) is 2.63. The van der Waals surface area contributed by atoms with Gasteiger partial charge in [-0.2, -0.15) is 0 Å². The van der Waals surface area contributed by atoms with Gasteiger partial charge < -0.3 is 10.1 Å². The smallest absolute Gasteiger partial charge is 0.261 e. The quantitative estimate of drug-likeness (QED) is 0.674. The lowest BCUT2D eigenvalue weighted by Gasteiger charge is -2.10. The van der Waals surface area contributed by atoms with Crippen molar-refractivity contribution >= 4 is 27.1 Å². The van der Waals surface area contributed by atoms with E-state index in [-0.39, 0.29) is 10.7 Å². The van der Waals surface area contributed by atoms with E-state index in [1.165, 1.54) is 31.4 Å². The zero-order chi connectivity index (χ0) is 18.6. The molecular formula is C19H17FN2O3S. The van der Waals surface area contributed by atoms with Crippen LogP contribution < -0.4 is 14.8 Å². The maximum Gasteiger partial charge on any atom is 0.261 e. The van der Waals surface area contributed by atoms with E-state index in [0.29, 0.717) is 22.8 Å². The van der Waals surface area contributed by atoms with E-state index < -0.39 is 10.0 Å². The van der Waals surface area contributed by atoms with E-state index in [1.807, 2.05) is 0 Å². The molecule has 0 aromatic heterocycles.